The Hall–Kier alpha value is -2.48. The van der Waals surface area contributed by atoms with Crippen LogP contribution in [0.15, 0.2) is 85.1 Å². The number of carbonyl (C=O) groups excluding carboxylic acids is 1. The van der Waals surface area contributed by atoms with Crippen molar-refractivity contribution in [1.29, 1.82) is 0 Å². The molecule has 0 aromatic carbocycles. The number of unbranched alkanes of at least 4 members (excludes halogenated alkanes) is 16. The summed E-state index contributed by atoms with van der Waals surface area (Å²) in [7, 11) is -4.34. The fraction of sp³-hybridized carbons (Fsp3) is 0.681. The lowest BCUT2D eigenvalue weighted by Gasteiger charge is -2.23. The fourth-order valence-corrected chi connectivity index (χ4v) is 6.91. The number of carbonyl (C=O) groups is 1. The minimum atomic E-state index is -4.34. The third kappa shape index (κ3) is 40.7. The number of amides is 1. The van der Waals surface area contributed by atoms with Gasteiger partial charge in [0.1, 0.15) is 0 Å². The van der Waals surface area contributed by atoms with Crippen LogP contribution in [0, 0.1) is 0 Å². The van der Waals surface area contributed by atoms with Gasteiger partial charge in [-0.15, -0.1) is 0 Å². The first-order valence-electron chi connectivity index (χ1n) is 21.8. The molecule has 54 heavy (non-hydrogen) atoms. The maximum absolute atomic E-state index is 12.5. The topological polar surface area (TPSA) is 104 Å². The molecular formula is C47H81NO5S. The van der Waals surface area contributed by atoms with E-state index in [4.69, 9.17) is 0 Å². The van der Waals surface area contributed by atoms with Crippen molar-refractivity contribution in [3.05, 3.63) is 85.1 Å². The molecule has 2 unspecified atom stereocenters. The van der Waals surface area contributed by atoms with Gasteiger partial charge in [0.25, 0.3) is 10.1 Å². The average molecular weight is 772 g/mol. The van der Waals surface area contributed by atoms with Crippen LogP contribution < -0.4 is 5.32 Å². The van der Waals surface area contributed by atoms with Crippen LogP contribution in [0.4, 0.5) is 0 Å². The van der Waals surface area contributed by atoms with E-state index >= 15 is 0 Å². The molecule has 310 valence electrons. The summed E-state index contributed by atoms with van der Waals surface area (Å²) in [6.45, 7) is 4.41. The van der Waals surface area contributed by atoms with Crippen molar-refractivity contribution in [2.75, 3.05) is 5.75 Å². The van der Waals surface area contributed by atoms with Crippen LogP contribution in [-0.4, -0.2) is 41.9 Å². The molecule has 0 aliphatic carbocycles. The third-order valence-electron chi connectivity index (χ3n) is 9.36. The number of nitrogens with one attached hydrogen (secondary N) is 1. The Morgan fingerprint density at radius 1 is 0.519 bits per heavy atom. The Kier molecular flexibility index (Phi) is 38.3. The number of aliphatic hydroxyl groups excluding tert-OH is 1. The van der Waals surface area contributed by atoms with Crippen molar-refractivity contribution in [1.82, 2.24) is 5.32 Å². The molecule has 0 aromatic rings. The van der Waals surface area contributed by atoms with Gasteiger partial charge < -0.3 is 10.4 Å². The zero-order valence-electron chi connectivity index (χ0n) is 34.6. The van der Waals surface area contributed by atoms with Crippen molar-refractivity contribution in [3.8, 4) is 0 Å². The number of hydrogen-bond acceptors (Lipinski definition) is 4. The Morgan fingerprint density at radius 3 is 1.24 bits per heavy atom. The molecule has 6 nitrogen and oxygen atoms in total. The summed E-state index contributed by atoms with van der Waals surface area (Å²) in [6.07, 6.45) is 58.2. The Morgan fingerprint density at radius 2 is 0.870 bits per heavy atom. The van der Waals surface area contributed by atoms with Gasteiger partial charge in [-0.3, -0.25) is 9.35 Å². The van der Waals surface area contributed by atoms with E-state index in [1.54, 1.807) is 0 Å². The lowest BCUT2D eigenvalue weighted by molar-refractivity contribution is -0.122. The summed E-state index contributed by atoms with van der Waals surface area (Å²) in [5.41, 5.74) is 0. The van der Waals surface area contributed by atoms with Gasteiger partial charge in [0.2, 0.25) is 5.91 Å². The van der Waals surface area contributed by atoms with Gasteiger partial charge in [0.15, 0.2) is 0 Å². The summed E-state index contributed by atoms with van der Waals surface area (Å²) < 4.78 is 32.6. The molecule has 0 spiro atoms. The molecule has 0 saturated heterocycles. The van der Waals surface area contributed by atoms with Crippen LogP contribution in [0.3, 0.4) is 0 Å². The molecule has 0 aromatic heterocycles. The van der Waals surface area contributed by atoms with Gasteiger partial charge in [-0.1, -0.05) is 202 Å². The molecule has 0 saturated carbocycles. The van der Waals surface area contributed by atoms with Crippen LogP contribution in [0.1, 0.15) is 187 Å². The SMILES string of the molecule is CC/C=C\C/C=C\C/C=C\C/C=C\C/C=C\C/C=C\C/C=C\CCCC(=O)NC(CS(=O)(=O)O)C(O)CCCCCCCCCCCCCCCCCC. The number of allylic oxidation sites excluding steroid dienone is 14. The molecule has 0 fully saturated rings. The van der Waals surface area contributed by atoms with E-state index in [9.17, 15) is 22.9 Å². The first-order valence-corrected chi connectivity index (χ1v) is 23.4. The number of hydrogen-bond donors (Lipinski definition) is 3. The number of rotatable bonds is 38. The second kappa shape index (κ2) is 40.2. The van der Waals surface area contributed by atoms with E-state index in [0.29, 0.717) is 12.8 Å². The van der Waals surface area contributed by atoms with E-state index in [-0.39, 0.29) is 12.3 Å². The van der Waals surface area contributed by atoms with Gasteiger partial charge in [-0.05, 0) is 64.2 Å². The largest absolute Gasteiger partial charge is 0.391 e. The van der Waals surface area contributed by atoms with E-state index in [0.717, 1.165) is 70.6 Å². The summed E-state index contributed by atoms with van der Waals surface area (Å²) in [5.74, 6) is -0.981. The first kappa shape index (κ1) is 51.5. The molecule has 1 amide bonds. The highest BCUT2D eigenvalue weighted by molar-refractivity contribution is 7.85. The maximum Gasteiger partial charge on any atom is 0.266 e. The molecule has 0 aliphatic rings. The zero-order valence-corrected chi connectivity index (χ0v) is 35.4. The highest BCUT2D eigenvalue weighted by Crippen LogP contribution is 2.15. The zero-order chi connectivity index (χ0) is 39.6. The summed E-state index contributed by atoms with van der Waals surface area (Å²) in [5, 5.41) is 13.3. The van der Waals surface area contributed by atoms with Crippen molar-refractivity contribution >= 4 is 16.0 Å². The van der Waals surface area contributed by atoms with Gasteiger partial charge >= 0.3 is 0 Å². The van der Waals surface area contributed by atoms with Crippen LogP contribution in [0.5, 0.6) is 0 Å². The molecule has 7 heteroatoms. The fourth-order valence-electron chi connectivity index (χ4n) is 6.15. The highest BCUT2D eigenvalue weighted by atomic mass is 32.2. The predicted octanol–water partition coefficient (Wildman–Crippen LogP) is 13.2. The number of aliphatic hydroxyl groups is 1. The van der Waals surface area contributed by atoms with Crippen LogP contribution in [0.25, 0.3) is 0 Å². The smallest absolute Gasteiger partial charge is 0.266 e. The molecule has 0 radical (unpaired) electrons. The third-order valence-corrected chi connectivity index (χ3v) is 10.1. The van der Waals surface area contributed by atoms with Gasteiger partial charge in [-0.2, -0.15) is 8.42 Å². The van der Waals surface area contributed by atoms with Crippen molar-refractivity contribution in [3.63, 3.8) is 0 Å². The Bertz CT molecular complexity index is 1160. The van der Waals surface area contributed by atoms with E-state index in [1.807, 2.05) is 0 Å². The Balaban J connectivity index is 4.00. The van der Waals surface area contributed by atoms with Crippen LogP contribution >= 0.6 is 0 Å². The van der Waals surface area contributed by atoms with Crippen LogP contribution in [0.2, 0.25) is 0 Å². The normalized spacial score (nSPS) is 14.1. The minimum Gasteiger partial charge on any atom is -0.391 e. The quantitative estimate of drug-likeness (QED) is 0.0329. The van der Waals surface area contributed by atoms with Gasteiger partial charge in [-0.25, -0.2) is 0 Å². The van der Waals surface area contributed by atoms with Crippen molar-refractivity contribution < 1.29 is 22.9 Å². The summed E-state index contributed by atoms with van der Waals surface area (Å²) >= 11 is 0. The lowest BCUT2D eigenvalue weighted by atomic mass is 10.0. The second-order valence-corrected chi connectivity index (χ2v) is 16.1. The standard InChI is InChI=1S/C47H81NO5S/c1-3-5-7-9-11-13-15-17-19-21-22-23-24-25-26-27-29-31-33-35-37-39-41-43-47(50)48-45(44-54(51,52)53)46(49)42-40-38-36-34-32-30-28-20-18-16-14-12-10-8-6-4-2/h5,7,11,13,17,19,22-23,25-26,29,31,35,37,45-46,49H,3-4,6,8-10,12,14-16,18,20-21,24,27-28,30,32-34,36,38-44H2,1-2H3,(H,48,50)(H,51,52,53)/b7-5-,13-11-,19-17-,23-22-,26-25-,31-29-,37-35-. The van der Waals surface area contributed by atoms with E-state index in [1.165, 1.54) is 83.5 Å². The van der Waals surface area contributed by atoms with Crippen molar-refractivity contribution in [2.45, 2.75) is 199 Å². The van der Waals surface area contributed by atoms with Gasteiger partial charge in [0.05, 0.1) is 17.9 Å². The monoisotopic (exact) mass is 772 g/mol. The molecule has 0 rings (SSSR count). The minimum absolute atomic E-state index is 0.234. The van der Waals surface area contributed by atoms with Gasteiger partial charge in [0, 0.05) is 6.42 Å². The first-order chi connectivity index (χ1) is 26.3. The molecule has 2 atom stereocenters. The molecule has 3 N–H and O–H groups in total. The molecule has 0 heterocycles. The summed E-state index contributed by atoms with van der Waals surface area (Å²) in [4.78, 5) is 12.5. The van der Waals surface area contributed by atoms with Crippen molar-refractivity contribution in [2.24, 2.45) is 0 Å². The predicted molar refractivity (Wildman–Crippen MR) is 234 cm³/mol. The highest BCUT2D eigenvalue weighted by Gasteiger charge is 2.26. The van der Waals surface area contributed by atoms with Crippen LogP contribution in [-0.2, 0) is 14.9 Å². The maximum atomic E-state index is 12.5. The second-order valence-electron chi connectivity index (χ2n) is 14.6. The van der Waals surface area contributed by atoms with E-state index in [2.05, 4.69) is 104 Å². The molecular weight excluding hydrogens is 691 g/mol. The lowest BCUT2D eigenvalue weighted by Crippen LogP contribution is -2.47. The molecule has 0 bridgehead atoms. The Labute approximate surface area is 333 Å². The molecule has 0 aliphatic heterocycles. The summed E-state index contributed by atoms with van der Waals surface area (Å²) in [6, 6.07) is -1.01. The average Bonchev–Trinajstić information content (AvgIpc) is 3.14. The van der Waals surface area contributed by atoms with E-state index < -0.39 is 28.0 Å².